The molecule has 0 radical (unpaired) electrons. The first-order valence-corrected chi connectivity index (χ1v) is 8.86. The predicted octanol–water partition coefficient (Wildman–Crippen LogP) is 3.91. The summed E-state index contributed by atoms with van der Waals surface area (Å²) in [6.45, 7) is 7.51. The summed E-state index contributed by atoms with van der Waals surface area (Å²) >= 11 is 0. The zero-order valence-electron chi connectivity index (χ0n) is 14.3. The summed E-state index contributed by atoms with van der Waals surface area (Å²) in [6.07, 6.45) is 11.5. The molecule has 0 bridgehead atoms. The van der Waals surface area contributed by atoms with E-state index in [-0.39, 0.29) is 0 Å². The summed E-state index contributed by atoms with van der Waals surface area (Å²) in [5, 5.41) is 3.57. The van der Waals surface area contributed by atoms with Gasteiger partial charge in [-0.25, -0.2) is 0 Å². The molecule has 1 N–H and O–H groups in total. The summed E-state index contributed by atoms with van der Waals surface area (Å²) in [7, 11) is 4.50. The molecule has 2 saturated carbocycles. The Kier molecular flexibility index (Phi) is 5.92. The van der Waals surface area contributed by atoms with Crippen LogP contribution in [0.4, 0.5) is 0 Å². The summed E-state index contributed by atoms with van der Waals surface area (Å²) in [5.74, 6) is 1.80. The first-order valence-electron chi connectivity index (χ1n) is 8.86. The summed E-state index contributed by atoms with van der Waals surface area (Å²) in [4.78, 5) is 2.63. The number of nitrogens with zero attached hydrogens (tertiary/aromatic N) is 1. The molecule has 0 heterocycles. The van der Waals surface area contributed by atoms with Gasteiger partial charge in [0, 0.05) is 19.1 Å². The molecule has 0 spiro atoms. The average Bonchev–Trinajstić information content (AvgIpc) is 2.39. The lowest BCUT2D eigenvalue weighted by atomic mass is 9.69. The first-order chi connectivity index (χ1) is 9.50. The largest absolute Gasteiger partial charge is 0.317 e. The van der Waals surface area contributed by atoms with Crippen LogP contribution in [-0.4, -0.2) is 38.1 Å². The minimum absolute atomic E-state index is 0.545. The molecule has 2 aliphatic rings. The fraction of sp³-hybridized carbons (Fsp3) is 1.00. The maximum Gasteiger partial charge on any atom is 0.0105 e. The Balaban J connectivity index is 1.82. The molecule has 2 aliphatic carbocycles. The second-order valence-electron chi connectivity index (χ2n) is 8.29. The Hall–Kier alpha value is -0.0800. The lowest BCUT2D eigenvalue weighted by molar-refractivity contribution is 0.103. The van der Waals surface area contributed by atoms with Gasteiger partial charge in [-0.2, -0.15) is 0 Å². The van der Waals surface area contributed by atoms with Crippen molar-refractivity contribution >= 4 is 0 Å². The van der Waals surface area contributed by atoms with Gasteiger partial charge in [0.05, 0.1) is 0 Å². The van der Waals surface area contributed by atoms with Crippen molar-refractivity contribution in [3.63, 3.8) is 0 Å². The van der Waals surface area contributed by atoms with E-state index >= 15 is 0 Å². The molecule has 118 valence electrons. The Morgan fingerprint density at radius 1 is 1.05 bits per heavy atom. The number of rotatable bonds is 5. The highest BCUT2D eigenvalue weighted by Crippen LogP contribution is 2.39. The van der Waals surface area contributed by atoms with E-state index in [0.29, 0.717) is 5.41 Å². The van der Waals surface area contributed by atoms with Gasteiger partial charge >= 0.3 is 0 Å². The van der Waals surface area contributed by atoms with Gasteiger partial charge in [-0.05, 0) is 63.5 Å². The van der Waals surface area contributed by atoms with E-state index in [9.17, 15) is 0 Å². The monoisotopic (exact) mass is 280 g/mol. The van der Waals surface area contributed by atoms with Gasteiger partial charge in [0.25, 0.3) is 0 Å². The molecule has 20 heavy (non-hydrogen) atoms. The third-order valence-electron chi connectivity index (χ3n) is 5.73. The van der Waals surface area contributed by atoms with Crippen molar-refractivity contribution in [2.24, 2.45) is 17.3 Å². The highest BCUT2D eigenvalue weighted by molar-refractivity contribution is 4.89. The van der Waals surface area contributed by atoms with Gasteiger partial charge in [0.2, 0.25) is 0 Å². The van der Waals surface area contributed by atoms with Crippen LogP contribution in [0, 0.1) is 17.3 Å². The molecule has 0 aromatic rings. The standard InChI is InChI=1S/C18H36N2/c1-18(2)11-10-17(19-3)16(12-18)14-20(4)13-15-8-6-5-7-9-15/h15-17,19H,5-14H2,1-4H3. The molecule has 0 aromatic carbocycles. The van der Waals surface area contributed by atoms with Crippen LogP contribution in [-0.2, 0) is 0 Å². The number of hydrogen-bond donors (Lipinski definition) is 1. The number of nitrogens with one attached hydrogen (secondary N) is 1. The molecular weight excluding hydrogens is 244 g/mol. The highest BCUT2D eigenvalue weighted by Gasteiger charge is 2.34. The van der Waals surface area contributed by atoms with Crippen molar-refractivity contribution in [3.8, 4) is 0 Å². The van der Waals surface area contributed by atoms with Crippen LogP contribution in [0.25, 0.3) is 0 Å². The quantitative estimate of drug-likeness (QED) is 0.821. The topological polar surface area (TPSA) is 15.3 Å². The van der Waals surface area contributed by atoms with Crippen molar-refractivity contribution in [1.82, 2.24) is 10.2 Å². The lowest BCUT2D eigenvalue weighted by Crippen LogP contribution is -2.46. The van der Waals surface area contributed by atoms with Crippen LogP contribution in [0.1, 0.15) is 65.2 Å². The summed E-state index contributed by atoms with van der Waals surface area (Å²) < 4.78 is 0. The molecule has 2 fully saturated rings. The third-order valence-corrected chi connectivity index (χ3v) is 5.73. The minimum atomic E-state index is 0.545. The molecule has 2 heteroatoms. The van der Waals surface area contributed by atoms with Crippen molar-refractivity contribution < 1.29 is 0 Å². The zero-order chi connectivity index (χ0) is 14.6. The van der Waals surface area contributed by atoms with E-state index in [4.69, 9.17) is 0 Å². The van der Waals surface area contributed by atoms with E-state index in [1.807, 2.05) is 0 Å². The van der Waals surface area contributed by atoms with Crippen LogP contribution >= 0.6 is 0 Å². The van der Waals surface area contributed by atoms with E-state index in [0.717, 1.165) is 17.9 Å². The Morgan fingerprint density at radius 3 is 2.40 bits per heavy atom. The molecule has 0 saturated heterocycles. The molecule has 0 aliphatic heterocycles. The Labute approximate surface area is 126 Å². The Bertz CT molecular complexity index is 281. The van der Waals surface area contributed by atoms with Crippen molar-refractivity contribution in [2.45, 2.75) is 71.3 Å². The van der Waals surface area contributed by atoms with Crippen molar-refractivity contribution in [1.29, 1.82) is 0 Å². The van der Waals surface area contributed by atoms with Crippen LogP contribution in [0.15, 0.2) is 0 Å². The Morgan fingerprint density at radius 2 is 1.75 bits per heavy atom. The van der Waals surface area contributed by atoms with Gasteiger partial charge in [0.15, 0.2) is 0 Å². The van der Waals surface area contributed by atoms with Crippen molar-refractivity contribution in [3.05, 3.63) is 0 Å². The van der Waals surface area contributed by atoms with Gasteiger partial charge in [-0.15, -0.1) is 0 Å². The molecule has 2 atom stereocenters. The summed E-state index contributed by atoms with van der Waals surface area (Å²) in [5.41, 5.74) is 0.545. The lowest BCUT2D eigenvalue weighted by Gasteiger charge is -2.42. The second kappa shape index (κ2) is 7.26. The van der Waals surface area contributed by atoms with Crippen molar-refractivity contribution in [2.75, 3.05) is 27.2 Å². The molecular formula is C18H36N2. The van der Waals surface area contributed by atoms with Crippen LogP contribution < -0.4 is 5.32 Å². The number of hydrogen-bond acceptors (Lipinski definition) is 2. The van der Waals surface area contributed by atoms with Crippen LogP contribution in [0.3, 0.4) is 0 Å². The van der Waals surface area contributed by atoms with Crippen LogP contribution in [0.5, 0.6) is 0 Å². The molecule has 0 amide bonds. The second-order valence-corrected chi connectivity index (χ2v) is 8.29. The SMILES string of the molecule is CNC1CCC(C)(C)CC1CN(C)CC1CCCCC1. The minimum Gasteiger partial charge on any atom is -0.317 e. The molecule has 2 rings (SSSR count). The van der Waals surface area contributed by atoms with Gasteiger partial charge < -0.3 is 10.2 Å². The van der Waals surface area contributed by atoms with Crippen LogP contribution in [0.2, 0.25) is 0 Å². The zero-order valence-corrected chi connectivity index (χ0v) is 14.3. The van der Waals surface area contributed by atoms with Gasteiger partial charge in [0.1, 0.15) is 0 Å². The molecule has 2 unspecified atom stereocenters. The normalized spacial score (nSPS) is 31.6. The van der Waals surface area contributed by atoms with Gasteiger partial charge in [-0.1, -0.05) is 33.1 Å². The highest BCUT2D eigenvalue weighted by atomic mass is 15.1. The summed E-state index contributed by atoms with van der Waals surface area (Å²) in [6, 6.07) is 0.733. The van der Waals surface area contributed by atoms with Gasteiger partial charge in [-0.3, -0.25) is 0 Å². The fourth-order valence-electron chi connectivity index (χ4n) is 4.59. The van der Waals surface area contributed by atoms with E-state index in [1.165, 1.54) is 64.5 Å². The average molecular weight is 280 g/mol. The van der Waals surface area contributed by atoms with E-state index in [1.54, 1.807) is 0 Å². The van der Waals surface area contributed by atoms with E-state index < -0.39 is 0 Å². The predicted molar refractivity (Wildman–Crippen MR) is 88.0 cm³/mol. The van der Waals surface area contributed by atoms with E-state index in [2.05, 4.69) is 38.2 Å². The maximum atomic E-state index is 3.57. The fourth-order valence-corrected chi connectivity index (χ4v) is 4.59. The molecule has 2 nitrogen and oxygen atoms in total. The maximum absolute atomic E-state index is 3.57. The smallest absolute Gasteiger partial charge is 0.0105 e. The first kappa shape index (κ1) is 16.3. The molecule has 0 aromatic heterocycles. The third kappa shape index (κ3) is 4.73.